The van der Waals surface area contributed by atoms with E-state index in [4.69, 9.17) is 0 Å². The van der Waals surface area contributed by atoms with Crippen molar-refractivity contribution in [1.29, 1.82) is 0 Å². The van der Waals surface area contributed by atoms with Gasteiger partial charge in [0.05, 0.1) is 5.75 Å². The van der Waals surface area contributed by atoms with E-state index in [1.165, 1.54) is 6.42 Å². The molecule has 0 heterocycles. The Balaban J connectivity index is 2.63. The van der Waals surface area contributed by atoms with Crippen molar-refractivity contribution in [3.05, 3.63) is 0 Å². The van der Waals surface area contributed by atoms with Crippen LogP contribution in [0.15, 0.2) is 0 Å². The third-order valence-corrected chi connectivity index (χ3v) is 5.09. The first-order valence-electron chi connectivity index (χ1n) is 6.46. The molecule has 1 rings (SSSR count). The summed E-state index contributed by atoms with van der Waals surface area (Å²) in [4.78, 5) is 0. The van der Waals surface area contributed by atoms with Gasteiger partial charge in [-0.05, 0) is 31.1 Å². The number of sulfonamides is 1. The average Bonchev–Trinajstić information content (AvgIpc) is 2.17. The highest BCUT2D eigenvalue weighted by Gasteiger charge is 2.30. The van der Waals surface area contributed by atoms with Crippen LogP contribution in [0.3, 0.4) is 0 Å². The minimum atomic E-state index is -3.05. The van der Waals surface area contributed by atoms with Crippen molar-refractivity contribution in [1.82, 2.24) is 4.72 Å². The van der Waals surface area contributed by atoms with Crippen LogP contribution in [0.2, 0.25) is 0 Å². The van der Waals surface area contributed by atoms with Crippen LogP contribution in [0.25, 0.3) is 0 Å². The molecule has 1 N–H and O–H groups in total. The topological polar surface area (TPSA) is 46.2 Å². The van der Waals surface area contributed by atoms with E-state index in [9.17, 15) is 8.42 Å². The molecule has 0 aromatic rings. The van der Waals surface area contributed by atoms with E-state index in [0.717, 1.165) is 19.3 Å². The molecular weight excluding hydrogens is 222 g/mol. The lowest BCUT2D eigenvalue weighted by atomic mass is 9.78. The molecule has 96 valence electrons. The summed E-state index contributed by atoms with van der Waals surface area (Å²) in [6.45, 7) is 6.29. The van der Waals surface area contributed by atoms with E-state index in [2.05, 4.69) is 18.6 Å². The lowest BCUT2D eigenvalue weighted by molar-refractivity contribution is 0.226. The maximum Gasteiger partial charge on any atom is 0.211 e. The number of nitrogens with one attached hydrogen (secondary N) is 1. The lowest BCUT2D eigenvalue weighted by Gasteiger charge is -2.34. The molecule has 0 aromatic carbocycles. The molecule has 16 heavy (non-hydrogen) atoms. The van der Waals surface area contributed by atoms with Crippen LogP contribution >= 0.6 is 0 Å². The third-order valence-electron chi connectivity index (χ3n) is 3.48. The predicted molar refractivity (Wildman–Crippen MR) is 67.8 cm³/mol. The van der Waals surface area contributed by atoms with Crippen molar-refractivity contribution in [2.75, 3.05) is 5.75 Å². The Morgan fingerprint density at radius 1 is 1.25 bits per heavy atom. The summed E-state index contributed by atoms with van der Waals surface area (Å²) in [7, 11) is -3.05. The van der Waals surface area contributed by atoms with E-state index in [-0.39, 0.29) is 11.8 Å². The smallest absolute Gasteiger partial charge is 0.211 e. The van der Waals surface area contributed by atoms with Gasteiger partial charge >= 0.3 is 0 Å². The monoisotopic (exact) mass is 247 g/mol. The standard InChI is InChI=1S/C12H25NO2S/c1-4-9-16(14,15)13-12-8-6-5-7-11(12)10(2)3/h10-13H,4-9H2,1-3H3. The zero-order valence-electron chi connectivity index (χ0n) is 10.7. The second kappa shape index (κ2) is 6.01. The Hall–Kier alpha value is -0.0900. The summed E-state index contributed by atoms with van der Waals surface area (Å²) < 4.78 is 26.4. The highest BCUT2D eigenvalue weighted by molar-refractivity contribution is 7.89. The fraction of sp³-hybridized carbons (Fsp3) is 1.00. The van der Waals surface area contributed by atoms with Crippen molar-refractivity contribution in [3.8, 4) is 0 Å². The summed E-state index contributed by atoms with van der Waals surface area (Å²) in [5.74, 6) is 1.34. The van der Waals surface area contributed by atoms with E-state index in [1.807, 2.05) is 6.92 Å². The van der Waals surface area contributed by atoms with Crippen molar-refractivity contribution in [2.24, 2.45) is 11.8 Å². The van der Waals surface area contributed by atoms with Crippen molar-refractivity contribution in [2.45, 2.75) is 58.9 Å². The van der Waals surface area contributed by atoms with Crippen molar-refractivity contribution in [3.63, 3.8) is 0 Å². The Kier molecular flexibility index (Phi) is 5.25. The predicted octanol–water partition coefficient (Wildman–Crippen LogP) is 2.53. The molecule has 3 nitrogen and oxygen atoms in total. The Morgan fingerprint density at radius 2 is 1.88 bits per heavy atom. The van der Waals surface area contributed by atoms with Crippen LogP contribution in [0, 0.1) is 11.8 Å². The first kappa shape index (κ1) is 14.0. The van der Waals surface area contributed by atoms with Crippen LogP contribution in [0.5, 0.6) is 0 Å². The molecule has 2 atom stereocenters. The summed E-state index contributed by atoms with van der Waals surface area (Å²) in [6, 6.07) is 0.172. The second-order valence-corrected chi connectivity index (χ2v) is 7.11. The highest BCUT2D eigenvalue weighted by Crippen LogP contribution is 2.30. The summed E-state index contributed by atoms with van der Waals surface area (Å²) in [5.41, 5.74) is 0. The first-order chi connectivity index (χ1) is 7.46. The molecule has 4 heteroatoms. The van der Waals surface area contributed by atoms with E-state index in [0.29, 0.717) is 18.3 Å². The molecule has 2 unspecified atom stereocenters. The zero-order valence-corrected chi connectivity index (χ0v) is 11.5. The fourth-order valence-corrected chi connectivity index (χ4v) is 4.07. The molecule has 0 aliphatic heterocycles. The molecule has 0 saturated heterocycles. The lowest BCUT2D eigenvalue weighted by Crippen LogP contribution is -2.44. The van der Waals surface area contributed by atoms with Crippen LogP contribution < -0.4 is 4.72 Å². The van der Waals surface area contributed by atoms with Crippen LogP contribution in [-0.4, -0.2) is 20.2 Å². The minimum Gasteiger partial charge on any atom is -0.212 e. The quantitative estimate of drug-likeness (QED) is 0.811. The van der Waals surface area contributed by atoms with E-state index >= 15 is 0 Å². The molecule has 1 saturated carbocycles. The largest absolute Gasteiger partial charge is 0.212 e. The average molecular weight is 247 g/mol. The van der Waals surface area contributed by atoms with Gasteiger partial charge in [-0.2, -0.15) is 0 Å². The van der Waals surface area contributed by atoms with Gasteiger partial charge in [0.25, 0.3) is 0 Å². The van der Waals surface area contributed by atoms with Crippen LogP contribution in [0.1, 0.15) is 52.9 Å². The van der Waals surface area contributed by atoms with Crippen molar-refractivity contribution < 1.29 is 8.42 Å². The number of hydrogen-bond donors (Lipinski definition) is 1. The van der Waals surface area contributed by atoms with Crippen molar-refractivity contribution >= 4 is 10.0 Å². The molecule has 0 aromatic heterocycles. The molecule has 0 amide bonds. The van der Waals surface area contributed by atoms with E-state index < -0.39 is 10.0 Å². The van der Waals surface area contributed by atoms with Crippen LogP contribution in [0.4, 0.5) is 0 Å². The number of hydrogen-bond acceptors (Lipinski definition) is 2. The first-order valence-corrected chi connectivity index (χ1v) is 8.11. The fourth-order valence-electron chi connectivity index (χ4n) is 2.66. The maximum absolute atomic E-state index is 11.8. The molecular formula is C12H25NO2S. The second-order valence-electron chi connectivity index (χ2n) is 5.24. The Morgan fingerprint density at radius 3 is 2.44 bits per heavy atom. The molecule has 1 aliphatic carbocycles. The zero-order chi connectivity index (χ0) is 12.2. The third kappa shape index (κ3) is 4.06. The summed E-state index contributed by atoms with van der Waals surface area (Å²) in [6.07, 6.45) is 5.26. The van der Waals surface area contributed by atoms with Crippen LogP contribution in [-0.2, 0) is 10.0 Å². The molecule has 1 aliphatic rings. The number of rotatable bonds is 5. The van der Waals surface area contributed by atoms with Gasteiger partial charge in [-0.15, -0.1) is 0 Å². The van der Waals surface area contributed by atoms with Gasteiger partial charge in [0.15, 0.2) is 0 Å². The summed E-state index contributed by atoms with van der Waals surface area (Å²) >= 11 is 0. The normalized spacial score (nSPS) is 27.2. The van der Waals surface area contributed by atoms with Gasteiger partial charge in [0, 0.05) is 6.04 Å². The Bertz CT molecular complexity index is 298. The maximum atomic E-state index is 11.8. The minimum absolute atomic E-state index is 0.172. The van der Waals surface area contributed by atoms with Gasteiger partial charge < -0.3 is 0 Å². The van der Waals surface area contributed by atoms with Gasteiger partial charge in [-0.3, -0.25) is 0 Å². The van der Waals surface area contributed by atoms with E-state index in [1.54, 1.807) is 0 Å². The SMILES string of the molecule is CCCS(=O)(=O)NC1CCCCC1C(C)C. The van der Waals surface area contributed by atoms with Gasteiger partial charge in [-0.1, -0.05) is 33.6 Å². The van der Waals surface area contributed by atoms with Gasteiger partial charge in [0.2, 0.25) is 10.0 Å². The molecule has 1 fully saturated rings. The molecule has 0 bridgehead atoms. The van der Waals surface area contributed by atoms with Gasteiger partial charge in [-0.25, -0.2) is 13.1 Å². The highest BCUT2D eigenvalue weighted by atomic mass is 32.2. The Labute approximate surface area is 100 Å². The molecule has 0 radical (unpaired) electrons. The summed E-state index contributed by atoms with van der Waals surface area (Å²) in [5, 5.41) is 0. The molecule has 0 spiro atoms. The van der Waals surface area contributed by atoms with Gasteiger partial charge in [0.1, 0.15) is 0 Å².